The molecule has 148 valence electrons. The van der Waals surface area contributed by atoms with Gasteiger partial charge in [0.25, 0.3) is 0 Å². The average Bonchev–Trinajstić information content (AvgIpc) is 3.16. The van der Waals surface area contributed by atoms with E-state index >= 15 is 0 Å². The summed E-state index contributed by atoms with van der Waals surface area (Å²) in [5.41, 5.74) is 0.822. The Morgan fingerprint density at radius 2 is 1.61 bits per heavy atom. The van der Waals surface area contributed by atoms with Crippen molar-refractivity contribution in [1.82, 2.24) is 10.2 Å². The lowest BCUT2D eigenvalue weighted by molar-refractivity contribution is 0.314. The lowest BCUT2D eigenvalue weighted by atomic mass is 10.2. The molecule has 2 aromatic carbocycles. The second-order valence-electron chi connectivity index (χ2n) is 5.96. The molecule has 0 aliphatic heterocycles. The van der Waals surface area contributed by atoms with E-state index in [1.807, 2.05) is 48.5 Å². The second-order valence-corrected chi connectivity index (χ2v) is 8.46. The molecule has 1 unspecified atom stereocenters. The maximum atomic E-state index is 12.2. The van der Waals surface area contributed by atoms with Crippen LogP contribution in [0, 0.1) is 0 Å². The molecule has 0 amide bonds. The van der Waals surface area contributed by atoms with Gasteiger partial charge in [-0.2, -0.15) is 0 Å². The van der Waals surface area contributed by atoms with Crippen LogP contribution in [0.1, 0.15) is 19.2 Å². The van der Waals surface area contributed by atoms with Crippen molar-refractivity contribution in [2.45, 2.75) is 19.1 Å². The van der Waals surface area contributed by atoms with Gasteiger partial charge >= 0.3 is 0 Å². The molecular formula is C20H21BrN2O4S. The van der Waals surface area contributed by atoms with Crippen LogP contribution < -0.4 is 9.47 Å². The van der Waals surface area contributed by atoms with Gasteiger partial charge in [-0.05, 0) is 55.0 Å². The Kier molecular flexibility index (Phi) is 7.62. The largest absolute Gasteiger partial charge is 0.494 e. The van der Waals surface area contributed by atoms with E-state index in [1.165, 1.54) is 0 Å². The monoisotopic (exact) mass is 464 g/mol. The van der Waals surface area contributed by atoms with Crippen LogP contribution in [0.15, 0.2) is 57.4 Å². The van der Waals surface area contributed by atoms with Gasteiger partial charge in [-0.25, -0.2) is 0 Å². The first-order valence-corrected chi connectivity index (χ1v) is 11.2. The van der Waals surface area contributed by atoms with Gasteiger partial charge in [0.2, 0.25) is 11.8 Å². The van der Waals surface area contributed by atoms with Crippen molar-refractivity contribution in [1.29, 1.82) is 0 Å². The van der Waals surface area contributed by atoms with E-state index in [0.717, 1.165) is 28.0 Å². The number of nitrogens with zero attached hydrogens (tertiary/aromatic N) is 2. The van der Waals surface area contributed by atoms with E-state index in [-0.39, 0.29) is 5.75 Å². The summed E-state index contributed by atoms with van der Waals surface area (Å²) < 4.78 is 30.0. The fraction of sp³-hybridized carbons (Fsp3) is 0.300. The highest BCUT2D eigenvalue weighted by atomic mass is 79.9. The molecule has 0 radical (unpaired) electrons. The van der Waals surface area contributed by atoms with Crippen LogP contribution in [0.3, 0.4) is 0 Å². The van der Waals surface area contributed by atoms with E-state index in [4.69, 9.17) is 13.9 Å². The second kappa shape index (κ2) is 10.4. The van der Waals surface area contributed by atoms with Crippen LogP contribution in [0.25, 0.3) is 11.5 Å². The smallest absolute Gasteiger partial charge is 0.247 e. The van der Waals surface area contributed by atoms with Crippen LogP contribution in [-0.2, 0) is 16.6 Å². The summed E-state index contributed by atoms with van der Waals surface area (Å²) in [6.45, 7) is 3.10. The van der Waals surface area contributed by atoms with Crippen molar-refractivity contribution in [2.24, 2.45) is 0 Å². The van der Waals surface area contributed by atoms with E-state index in [1.54, 1.807) is 0 Å². The Morgan fingerprint density at radius 3 is 2.25 bits per heavy atom. The Balaban J connectivity index is 1.44. The summed E-state index contributed by atoms with van der Waals surface area (Å²) in [6, 6.07) is 15.0. The molecule has 0 saturated carbocycles. The molecule has 6 nitrogen and oxygen atoms in total. The zero-order chi connectivity index (χ0) is 19.8. The Hall–Kier alpha value is -2.19. The van der Waals surface area contributed by atoms with Gasteiger partial charge in [0.1, 0.15) is 17.3 Å². The average molecular weight is 465 g/mol. The molecule has 3 aromatic rings. The van der Waals surface area contributed by atoms with E-state index in [2.05, 4.69) is 33.1 Å². The highest BCUT2D eigenvalue weighted by Crippen LogP contribution is 2.21. The van der Waals surface area contributed by atoms with Crippen molar-refractivity contribution in [3.05, 3.63) is 58.9 Å². The lowest BCUT2D eigenvalue weighted by Gasteiger charge is -2.07. The number of ether oxygens (including phenoxy) is 2. The minimum absolute atomic E-state index is 0.205. The third-order valence-electron chi connectivity index (χ3n) is 3.72. The third kappa shape index (κ3) is 6.17. The van der Waals surface area contributed by atoms with Crippen molar-refractivity contribution in [2.75, 3.05) is 19.0 Å². The zero-order valence-corrected chi connectivity index (χ0v) is 17.9. The maximum absolute atomic E-state index is 12.2. The van der Waals surface area contributed by atoms with E-state index in [9.17, 15) is 4.21 Å². The molecule has 0 saturated heterocycles. The summed E-state index contributed by atoms with van der Waals surface area (Å²) in [7, 11) is -1.15. The highest BCUT2D eigenvalue weighted by Gasteiger charge is 2.12. The number of aromatic nitrogens is 2. The van der Waals surface area contributed by atoms with Crippen molar-refractivity contribution in [3.63, 3.8) is 0 Å². The van der Waals surface area contributed by atoms with Crippen LogP contribution in [0.5, 0.6) is 11.5 Å². The van der Waals surface area contributed by atoms with Crippen molar-refractivity contribution >= 4 is 26.7 Å². The first kappa shape index (κ1) is 20.5. The lowest BCUT2D eigenvalue weighted by Crippen LogP contribution is -2.10. The quantitative estimate of drug-likeness (QED) is 0.435. The molecule has 0 fully saturated rings. The van der Waals surface area contributed by atoms with E-state index < -0.39 is 10.8 Å². The minimum Gasteiger partial charge on any atom is -0.494 e. The fourth-order valence-electron chi connectivity index (χ4n) is 2.34. The van der Waals surface area contributed by atoms with Gasteiger partial charge in [0, 0.05) is 20.8 Å². The summed E-state index contributed by atoms with van der Waals surface area (Å²) >= 11 is 3.39. The molecule has 1 atom stereocenters. The van der Waals surface area contributed by atoms with Crippen LogP contribution in [0.4, 0.5) is 0 Å². The molecule has 1 aromatic heterocycles. The van der Waals surface area contributed by atoms with Gasteiger partial charge in [-0.3, -0.25) is 4.21 Å². The minimum atomic E-state index is -1.15. The first-order valence-electron chi connectivity index (χ1n) is 8.93. The molecule has 0 aliphatic rings. The van der Waals surface area contributed by atoms with Gasteiger partial charge < -0.3 is 13.9 Å². The van der Waals surface area contributed by atoms with Gasteiger partial charge in [0.15, 0.2) is 0 Å². The summed E-state index contributed by atoms with van der Waals surface area (Å²) in [4.78, 5) is 0. The molecule has 0 N–H and O–H groups in total. The van der Waals surface area contributed by atoms with Crippen LogP contribution in [-0.4, -0.2) is 33.4 Å². The summed E-state index contributed by atoms with van der Waals surface area (Å²) in [5, 5.41) is 8.00. The predicted octanol–water partition coefficient (Wildman–Crippen LogP) is 4.62. The molecule has 3 rings (SSSR count). The summed E-state index contributed by atoms with van der Waals surface area (Å²) in [6.07, 6.45) is 0.967. The molecule has 8 heteroatoms. The molecule has 28 heavy (non-hydrogen) atoms. The molecule has 0 spiro atoms. The standard InChI is InChI=1S/C20H21BrN2O4S/c1-2-11-25-17-7-9-18(10-8-17)26-12-13-28(24)14-19-22-23-20(27-19)15-3-5-16(21)6-4-15/h3-10H,2,11-14H2,1H3. The van der Waals surface area contributed by atoms with Crippen LogP contribution >= 0.6 is 15.9 Å². The van der Waals surface area contributed by atoms with Crippen molar-refractivity contribution in [3.8, 4) is 23.0 Å². The molecule has 0 aliphatic carbocycles. The highest BCUT2D eigenvalue weighted by molar-refractivity contribution is 9.10. The molecular weight excluding hydrogens is 444 g/mol. The topological polar surface area (TPSA) is 74.5 Å². The van der Waals surface area contributed by atoms with Gasteiger partial charge in [-0.1, -0.05) is 22.9 Å². The van der Waals surface area contributed by atoms with Gasteiger partial charge in [-0.15, -0.1) is 10.2 Å². The van der Waals surface area contributed by atoms with Crippen LogP contribution in [0.2, 0.25) is 0 Å². The maximum Gasteiger partial charge on any atom is 0.247 e. The van der Waals surface area contributed by atoms with Crippen molar-refractivity contribution < 1.29 is 18.1 Å². The van der Waals surface area contributed by atoms with E-state index in [0.29, 0.717) is 30.7 Å². The predicted molar refractivity (Wildman–Crippen MR) is 112 cm³/mol. The molecule has 0 bridgehead atoms. The SMILES string of the molecule is CCCOc1ccc(OCCS(=O)Cc2nnc(-c3ccc(Br)cc3)o2)cc1. The Bertz CT molecular complexity index is 897. The first-order chi connectivity index (χ1) is 13.6. The normalized spacial score (nSPS) is 11.9. The summed E-state index contributed by atoms with van der Waals surface area (Å²) in [5.74, 6) is 2.89. The number of rotatable bonds is 10. The fourth-order valence-corrected chi connectivity index (χ4v) is 3.41. The zero-order valence-electron chi connectivity index (χ0n) is 15.5. The number of hydrogen-bond donors (Lipinski definition) is 0. The number of benzene rings is 2. The Morgan fingerprint density at radius 1 is 0.964 bits per heavy atom. The third-order valence-corrected chi connectivity index (χ3v) is 5.44. The number of hydrogen-bond acceptors (Lipinski definition) is 6. The number of halogens is 1. The molecule has 1 heterocycles. The van der Waals surface area contributed by atoms with Gasteiger partial charge in [0.05, 0.1) is 19.0 Å². The Labute approximate surface area is 174 Å².